The number of hydrogen-bond donors (Lipinski definition) is 1. The molecule has 1 spiro atoms. The van der Waals surface area contributed by atoms with Crippen molar-refractivity contribution >= 4 is 0 Å². The highest BCUT2D eigenvalue weighted by Gasteiger charge is 2.40. The third kappa shape index (κ3) is 3.55. The lowest BCUT2D eigenvalue weighted by Crippen LogP contribution is -2.36. The Morgan fingerprint density at radius 3 is 2.70 bits per heavy atom. The molecule has 3 heteroatoms. The third-order valence-corrected chi connectivity index (χ3v) is 5.73. The number of ether oxygens (including phenoxy) is 1. The lowest BCUT2D eigenvalue weighted by atomic mass is 9.83. The summed E-state index contributed by atoms with van der Waals surface area (Å²) in [5, 5.41) is 3.68. The molecular formula is C17H32N2O. The van der Waals surface area contributed by atoms with Crippen LogP contribution in [-0.2, 0) is 4.74 Å². The van der Waals surface area contributed by atoms with E-state index < -0.39 is 0 Å². The van der Waals surface area contributed by atoms with E-state index in [1.807, 2.05) is 0 Å². The van der Waals surface area contributed by atoms with Gasteiger partial charge in [0.2, 0.25) is 0 Å². The SMILES string of the molecule is CCN1CCC(CNCC2CCC3(CCCCC3)O2)C1. The average Bonchev–Trinajstić information content (AvgIpc) is 3.08. The van der Waals surface area contributed by atoms with Crippen LogP contribution in [0.25, 0.3) is 0 Å². The Hall–Kier alpha value is -0.120. The Labute approximate surface area is 124 Å². The molecule has 3 nitrogen and oxygen atoms in total. The summed E-state index contributed by atoms with van der Waals surface area (Å²) in [6.07, 6.45) is 11.3. The van der Waals surface area contributed by atoms with Gasteiger partial charge in [-0.3, -0.25) is 0 Å². The van der Waals surface area contributed by atoms with Gasteiger partial charge in [0.25, 0.3) is 0 Å². The van der Waals surface area contributed by atoms with Gasteiger partial charge >= 0.3 is 0 Å². The van der Waals surface area contributed by atoms with Crippen LogP contribution in [0, 0.1) is 5.92 Å². The molecular weight excluding hydrogens is 248 g/mol. The van der Waals surface area contributed by atoms with Crippen molar-refractivity contribution in [1.82, 2.24) is 10.2 Å². The van der Waals surface area contributed by atoms with Crippen molar-refractivity contribution in [1.29, 1.82) is 0 Å². The molecule has 2 unspecified atom stereocenters. The predicted molar refractivity (Wildman–Crippen MR) is 83.0 cm³/mol. The minimum absolute atomic E-state index is 0.289. The van der Waals surface area contributed by atoms with E-state index in [2.05, 4.69) is 17.1 Å². The Bertz CT molecular complexity index is 301. The smallest absolute Gasteiger partial charge is 0.0708 e. The molecule has 0 bridgehead atoms. The topological polar surface area (TPSA) is 24.5 Å². The Morgan fingerprint density at radius 1 is 1.10 bits per heavy atom. The maximum absolute atomic E-state index is 6.42. The molecule has 116 valence electrons. The van der Waals surface area contributed by atoms with Crippen molar-refractivity contribution in [2.45, 2.75) is 70.0 Å². The second kappa shape index (κ2) is 6.76. The summed E-state index contributed by atoms with van der Waals surface area (Å²) in [5.41, 5.74) is 0.289. The van der Waals surface area contributed by atoms with E-state index in [0.29, 0.717) is 6.10 Å². The van der Waals surface area contributed by atoms with E-state index in [9.17, 15) is 0 Å². The fraction of sp³-hybridized carbons (Fsp3) is 1.00. The summed E-state index contributed by atoms with van der Waals surface area (Å²) in [6, 6.07) is 0. The summed E-state index contributed by atoms with van der Waals surface area (Å²) in [7, 11) is 0. The molecule has 1 aliphatic carbocycles. The highest BCUT2D eigenvalue weighted by molar-refractivity contribution is 4.92. The summed E-state index contributed by atoms with van der Waals surface area (Å²) in [4.78, 5) is 2.56. The van der Waals surface area contributed by atoms with Crippen molar-refractivity contribution in [2.75, 3.05) is 32.7 Å². The van der Waals surface area contributed by atoms with Crippen LogP contribution < -0.4 is 5.32 Å². The van der Waals surface area contributed by atoms with Crippen molar-refractivity contribution in [3.05, 3.63) is 0 Å². The Morgan fingerprint density at radius 2 is 1.95 bits per heavy atom. The van der Waals surface area contributed by atoms with Gasteiger partial charge in [0, 0.05) is 13.1 Å². The number of rotatable bonds is 5. The van der Waals surface area contributed by atoms with Gasteiger partial charge in [-0.1, -0.05) is 26.2 Å². The maximum Gasteiger partial charge on any atom is 0.0708 e. The summed E-state index contributed by atoms with van der Waals surface area (Å²) < 4.78 is 6.42. The maximum atomic E-state index is 6.42. The second-order valence-corrected chi connectivity index (χ2v) is 7.23. The molecule has 2 heterocycles. The van der Waals surface area contributed by atoms with Gasteiger partial charge in [0.15, 0.2) is 0 Å². The monoisotopic (exact) mass is 280 g/mol. The van der Waals surface area contributed by atoms with Crippen LogP contribution in [0.5, 0.6) is 0 Å². The summed E-state index contributed by atoms with van der Waals surface area (Å²) in [6.45, 7) is 8.33. The molecule has 0 aromatic carbocycles. The summed E-state index contributed by atoms with van der Waals surface area (Å²) in [5.74, 6) is 0.861. The first-order valence-electron chi connectivity index (χ1n) is 8.90. The van der Waals surface area contributed by atoms with Gasteiger partial charge in [0.05, 0.1) is 11.7 Å². The van der Waals surface area contributed by atoms with Crippen LogP contribution in [0.3, 0.4) is 0 Å². The van der Waals surface area contributed by atoms with Gasteiger partial charge in [-0.15, -0.1) is 0 Å². The third-order valence-electron chi connectivity index (χ3n) is 5.73. The largest absolute Gasteiger partial charge is 0.370 e. The molecule has 1 saturated carbocycles. The lowest BCUT2D eigenvalue weighted by molar-refractivity contribution is -0.0624. The van der Waals surface area contributed by atoms with E-state index in [1.165, 1.54) is 77.5 Å². The van der Waals surface area contributed by atoms with Crippen LogP contribution in [0.15, 0.2) is 0 Å². The average molecular weight is 280 g/mol. The first-order valence-corrected chi connectivity index (χ1v) is 8.90. The molecule has 2 aliphatic heterocycles. The highest BCUT2D eigenvalue weighted by Crippen LogP contribution is 2.41. The van der Waals surface area contributed by atoms with Crippen LogP contribution in [0.2, 0.25) is 0 Å². The van der Waals surface area contributed by atoms with E-state index in [4.69, 9.17) is 4.74 Å². The molecule has 0 radical (unpaired) electrons. The molecule has 3 rings (SSSR count). The molecule has 2 atom stereocenters. The predicted octanol–water partition coefficient (Wildman–Crippen LogP) is 2.80. The van der Waals surface area contributed by atoms with Crippen molar-refractivity contribution in [3.63, 3.8) is 0 Å². The molecule has 3 aliphatic rings. The van der Waals surface area contributed by atoms with Crippen molar-refractivity contribution in [3.8, 4) is 0 Å². The van der Waals surface area contributed by atoms with E-state index in [-0.39, 0.29) is 5.60 Å². The van der Waals surface area contributed by atoms with Gasteiger partial charge in [-0.05, 0) is 57.7 Å². The zero-order valence-corrected chi connectivity index (χ0v) is 13.2. The first kappa shape index (κ1) is 14.8. The van der Waals surface area contributed by atoms with Gasteiger partial charge in [-0.2, -0.15) is 0 Å². The fourth-order valence-electron chi connectivity index (χ4n) is 4.42. The van der Waals surface area contributed by atoms with Gasteiger partial charge in [0.1, 0.15) is 0 Å². The molecule has 3 fully saturated rings. The molecule has 0 aromatic heterocycles. The number of likely N-dealkylation sites (tertiary alicyclic amines) is 1. The Kier molecular flexibility index (Phi) is 5.00. The molecule has 20 heavy (non-hydrogen) atoms. The van der Waals surface area contributed by atoms with Gasteiger partial charge in [-0.25, -0.2) is 0 Å². The molecule has 1 N–H and O–H groups in total. The zero-order valence-electron chi connectivity index (χ0n) is 13.2. The van der Waals surface area contributed by atoms with Crippen LogP contribution in [-0.4, -0.2) is 49.3 Å². The fourth-order valence-corrected chi connectivity index (χ4v) is 4.42. The Balaban J connectivity index is 1.34. The van der Waals surface area contributed by atoms with Crippen molar-refractivity contribution in [2.24, 2.45) is 5.92 Å². The zero-order chi connectivity index (χ0) is 13.8. The van der Waals surface area contributed by atoms with E-state index in [0.717, 1.165) is 12.5 Å². The minimum Gasteiger partial charge on any atom is -0.370 e. The van der Waals surface area contributed by atoms with Crippen LogP contribution in [0.1, 0.15) is 58.3 Å². The molecule has 0 amide bonds. The lowest BCUT2D eigenvalue weighted by Gasteiger charge is -2.33. The number of nitrogens with one attached hydrogen (secondary N) is 1. The van der Waals surface area contributed by atoms with Crippen LogP contribution in [0.4, 0.5) is 0 Å². The quantitative estimate of drug-likeness (QED) is 0.838. The number of hydrogen-bond acceptors (Lipinski definition) is 3. The standard InChI is InChI=1S/C17H32N2O/c1-2-19-11-7-15(14-19)12-18-13-16-6-10-17(20-16)8-4-3-5-9-17/h15-16,18H,2-14H2,1H3. The molecule has 2 saturated heterocycles. The molecule has 0 aromatic rings. The van der Waals surface area contributed by atoms with Gasteiger partial charge < -0.3 is 15.0 Å². The highest BCUT2D eigenvalue weighted by atomic mass is 16.5. The minimum atomic E-state index is 0.289. The first-order chi connectivity index (χ1) is 9.80. The van der Waals surface area contributed by atoms with Crippen molar-refractivity contribution < 1.29 is 4.74 Å². The normalized spacial score (nSPS) is 34.0. The summed E-state index contributed by atoms with van der Waals surface area (Å²) >= 11 is 0. The second-order valence-electron chi connectivity index (χ2n) is 7.23. The number of nitrogens with zero attached hydrogens (tertiary/aromatic N) is 1. The van der Waals surface area contributed by atoms with Crippen LogP contribution >= 0.6 is 0 Å². The van der Waals surface area contributed by atoms with E-state index in [1.54, 1.807) is 0 Å². The van der Waals surface area contributed by atoms with E-state index >= 15 is 0 Å².